The Bertz CT molecular complexity index is 1420. The van der Waals surface area contributed by atoms with Gasteiger partial charge in [0, 0.05) is 33.4 Å². The number of rotatable bonds is 6. The van der Waals surface area contributed by atoms with E-state index in [0.717, 1.165) is 9.86 Å². The molecule has 0 aliphatic carbocycles. The fourth-order valence-electron chi connectivity index (χ4n) is 3.26. The fourth-order valence-corrected chi connectivity index (χ4v) is 3.95. The van der Waals surface area contributed by atoms with Gasteiger partial charge < -0.3 is 19.5 Å². The van der Waals surface area contributed by atoms with Crippen molar-refractivity contribution < 1.29 is 19.0 Å². The van der Waals surface area contributed by atoms with Gasteiger partial charge in [0.05, 0.1) is 24.8 Å². The normalized spacial score (nSPS) is 10.5. The van der Waals surface area contributed by atoms with E-state index in [-0.39, 0.29) is 11.0 Å². The summed E-state index contributed by atoms with van der Waals surface area (Å²) < 4.78 is 17.7. The third-order valence-electron chi connectivity index (χ3n) is 4.95. The first kappa shape index (κ1) is 24.7. The van der Waals surface area contributed by atoms with E-state index in [4.69, 9.17) is 38.0 Å². The zero-order chi connectivity index (χ0) is 24.9. The van der Waals surface area contributed by atoms with Crippen molar-refractivity contribution in [3.05, 3.63) is 81.9 Å². The van der Waals surface area contributed by atoms with Crippen molar-refractivity contribution in [2.45, 2.75) is 0 Å². The summed E-state index contributed by atoms with van der Waals surface area (Å²) in [6.07, 6.45) is 1.64. The summed E-state index contributed by atoms with van der Waals surface area (Å²) in [6.45, 7) is 0. The molecule has 0 atom stereocenters. The maximum Gasteiger partial charge on any atom is 0.257 e. The Morgan fingerprint density at radius 2 is 1.66 bits per heavy atom. The minimum absolute atomic E-state index is 0.142. The third-order valence-corrected chi connectivity index (χ3v) is 5.98. The summed E-state index contributed by atoms with van der Waals surface area (Å²) in [4.78, 5) is 16.7. The van der Waals surface area contributed by atoms with E-state index in [2.05, 4.69) is 31.5 Å². The summed E-state index contributed by atoms with van der Waals surface area (Å²) in [5.41, 5.74) is 1.76. The van der Waals surface area contributed by atoms with Crippen molar-refractivity contribution in [2.75, 3.05) is 19.5 Å². The molecule has 1 amide bonds. The SMILES string of the molecule is COc1cc2nccc(Oc3ccc(NC(=S)NC(=O)c4ccc(Br)cc4)cc3Cl)c2cc1OC. The molecule has 0 aliphatic rings. The fraction of sp³-hybridized carbons (Fsp3) is 0.0800. The summed E-state index contributed by atoms with van der Waals surface area (Å²) in [6, 6.07) is 17.4. The van der Waals surface area contributed by atoms with E-state index in [0.29, 0.717) is 44.8 Å². The van der Waals surface area contributed by atoms with Gasteiger partial charge in [-0.3, -0.25) is 15.1 Å². The average molecular weight is 573 g/mol. The van der Waals surface area contributed by atoms with Gasteiger partial charge in [0.2, 0.25) is 0 Å². The van der Waals surface area contributed by atoms with Crippen molar-refractivity contribution in [3.63, 3.8) is 0 Å². The first-order valence-corrected chi connectivity index (χ1v) is 11.8. The number of amides is 1. The topological polar surface area (TPSA) is 81.7 Å². The van der Waals surface area contributed by atoms with Gasteiger partial charge >= 0.3 is 0 Å². The highest BCUT2D eigenvalue weighted by atomic mass is 79.9. The predicted molar refractivity (Wildman–Crippen MR) is 144 cm³/mol. The minimum Gasteiger partial charge on any atom is -0.493 e. The second-order valence-electron chi connectivity index (χ2n) is 7.20. The lowest BCUT2D eigenvalue weighted by Crippen LogP contribution is -2.34. The molecule has 0 aliphatic heterocycles. The van der Waals surface area contributed by atoms with Crippen LogP contribution in [-0.4, -0.2) is 30.2 Å². The molecule has 1 aromatic heterocycles. The molecule has 7 nitrogen and oxygen atoms in total. The van der Waals surface area contributed by atoms with Gasteiger partial charge in [0.15, 0.2) is 16.6 Å². The number of pyridine rings is 1. The quantitative estimate of drug-likeness (QED) is 0.252. The lowest BCUT2D eigenvalue weighted by Gasteiger charge is -2.14. The number of hydrogen-bond acceptors (Lipinski definition) is 6. The van der Waals surface area contributed by atoms with Crippen molar-refractivity contribution in [3.8, 4) is 23.0 Å². The van der Waals surface area contributed by atoms with Crippen LogP contribution in [0.25, 0.3) is 10.9 Å². The molecule has 0 radical (unpaired) electrons. The molecule has 0 fully saturated rings. The largest absolute Gasteiger partial charge is 0.493 e. The number of fused-ring (bicyclic) bond motifs is 1. The van der Waals surface area contributed by atoms with Gasteiger partial charge in [0.25, 0.3) is 5.91 Å². The van der Waals surface area contributed by atoms with Crippen LogP contribution in [0.5, 0.6) is 23.0 Å². The van der Waals surface area contributed by atoms with Crippen molar-refractivity contribution in [2.24, 2.45) is 0 Å². The molecule has 0 saturated carbocycles. The van der Waals surface area contributed by atoms with Crippen LogP contribution in [0.2, 0.25) is 5.02 Å². The zero-order valence-corrected chi connectivity index (χ0v) is 21.8. The number of carbonyl (C=O) groups is 1. The van der Waals surface area contributed by atoms with E-state index in [1.165, 1.54) is 0 Å². The number of carbonyl (C=O) groups excluding carboxylic acids is 1. The number of aromatic nitrogens is 1. The standard InChI is InChI=1S/C25H19BrClN3O4S/c1-32-22-12-17-19(13-23(22)33-2)28-10-9-20(17)34-21-8-7-16(11-18(21)27)29-25(35)30-24(31)14-3-5-15(26)6-4-14/h3-13H,1-2H3,(H2,29,30,31,35). The number of hydrogen-bond donors (Lipinski definition) is 2. The number of anilines is 1. The van der Waals surface area contributed by atoms with Crippen LogP contribution in [0.4, 0.5) is 5.69 Å². The summed E-state index contributed by atoms with van der Waals surface area (Å²) in [5.74, 6) is 1.79. The van der Waals surface area contributed by atoms with Gasteiger partial charge in [-0.1, -0.05) is 27.5 Å². The first-order valence-electron chi connectivity index (χ1n) is 10.2. The highest BCUT2D eigenvalue weighted by Gasteiger charge is 2.13. The number of methoxy groups -OCH3 is 2. The molecule has 35 heavy (non-hydrogen) atoms. The number of halogens is 2. The van der Waals surface area contributed by atoms with Crippen molar-refractivity contribution in [1.82, 2.24) is 10.3 Å². The molecule has 2 N–H and O–H groups in total. The number of thiocarbonyl (C=S) groups is 1. The van der Waals surface area contributed by atoms with E-state index in [1.807, 2.05) is 0 Å². The Balaban J connectivity index is 1.48. The van der Waals surface area contributed by atoms with Gasteiger partial charge in [-0.05, 0) is 66.8 Å². The Morgan fingerprint density at radius 3 is 2.34 bits per heavy atom. The second kappa shape index (κ2) is 10.9. The molecule has 0 unspecified atom stereocenters. The monoisotopic (exact) mass is 571 g/mol. The molecule has 178 valence electrons. The summed E-state index contributed by atoms with van der Waals surface area (Å²) in [7, 11) is 3.13. The van der Waals surface area contributed by atoms with E-state index >= 15 is 0 Å². The first-order chi connectivity index (χ1) is 16.9. The second-order valence-corrected chi connectivity index (χ2v) is 8.93. The molecule has 0 bridgehead atoms. The van der Waals surface area contributed by atoms with E-state index in [9.17, 15) is 4.79 Å². The summed E-state index contributed by atoms with van der Waals surface area (Å²) in [5, 5.41) is 6.82. The van der Waals surface area contributed by atoms with Crippen LogP contribution < -0.4 is 24.8 Å². The number of benzene rings is 3. The average Bonchev–Trinajstić information content (AvgIpc) is 2.85. The predicted octanol–water partition coefficient (Wildman–Crippen LogP) is 6.59. The van der Waals surface area contributed by atoms with Crippen molar-refractivity contribution >= 4 is 67.4 Å². The smallest absolute Gasteiger partial charge is 0.257 e. The highest BCUT2D eigenvalue weighted by Crippen LogP contribution is 2.38. The molecule has 4 rings (SSSR count). The number of nitrogens with one attached hydrogen (secondary N) is 2. The van der Waals surface area contributed by atoms with Crippen molar-refractivity contribution in [1.29, 1.82) is 0 Å². The molecule has 4 aromatic rings. The number of nitrogens with zero attached hydrogens (tertiary/aromatic N) is 1. The lowest BCUT2D eigenvalue weighted by atomic mass is 10.2. The molecule has 3 aromatic carbocycles. The van der Waals surface area contributed by atoms with E-state index < -0.39 is 0 Å². The van der Waals surface area contributed by atoms with Gasteiger partial charge in [0.1, 0.15) is 11.5 Å². The van der Waals surface area contributed by atoms with E-state index in [1.54, 1.807) is 81.1 Å². The third kappa shape index (κ3) is 5.82. The molecule has 1 heterocycles. The van der Waals surface area contributed by atoms with Crippen LogP contribution in [0.15, 0.2) is 71.3 Å². The number of ether oxygens (including phenoxy) is 3. The van der Waals surface area contributed by atoms with Crippen LogP contribution in [0.1, 0.15) is 10.4 Å². The van der Waals surface area contributed by atoms with Crippen LogP contribution in [-0.2, 0) is 0 Å². The van der Waals surface area contributed by atoms with Crippen LogP contribution >= 0.6 is 39.7 Å². The van der Waals surface area contributed by atoms with Crippen LogP contribution in [0, 0.1) is 0 Å². The molecular weight excluding hydrogens is 554 g/mol. The maximum absolute atomic E-state index is 12.4. The molecule has 0 saturated heterocycles. The minimum atomic E-state index is -0.322. The lowest BCUT2D eigenvalue weighted by molar-refractivity contribution is 0.0977. The summed E-state index contributed by atoms with van der Waals surface area (Å²) >= 11 is 15.1. The van der Waals surface area contributed by atoms with Gasteiger partial charge in [-0.15, -0.1) is 0 Å². The maximum atomic E-state index is 12.4. The molecular formula is C25H19BrClN3O4S. The Hall–Kier alpha value is -3.40. The Kier molecular flexibility index (Phi) is 7.70. The highest BCUT2D eigenvalue weighted by molar-refractivity contribution is 9.10. The van der Waals surface area contributed by atoms with Crippen LogP contribution in [0.3, 0.4) is 0 Å². The Labute approximate surface area is 220 Å². The van der Waals surface area contributed by atoms with Gasteiger partial charge in [-0.2, -0.15) is 0 Å². The Morgan fingerprint density at radius 1 is 0.943 bits per heavy atom. The van der Waals surface area contributed by atoms with Gasteiger partial charge in [-0.25, -0.2) is 0 Å². The zero-order valence-electron chi connectivity index (χ0n) is 18.6. The molecule has 10 heteroatoms. The molecule has 0 spiro atoms.